The Morgan fingerprint density at radius 1 is 0.833 bits per heavy atom. The van der Waals surface area contributed by atoms with Crippen LogP contribution in [-0.4, -0.2) is 9.51 Å². The van der Waals surface area contributed by atoms with Crippen molar-refractivity contribution in [3.8, 4) is 16.9 Å². The number of phenolic OH excluding ortho intramolecular Hbond substituents is 1. The third-order valence-corrected chi connectivity index (χ3v) is 4.64. The topological polar surface area (TPSA) is 24.6 Å². The number of aromatic hydroxyl groups is 1. The normalized spacial score (nSPS) is 12.4. The van der Waals surface area contributed by atoms with Gasteiger partial charge in [0.15, 0.2) is 0 Å². The number of benzene rings is 2. The molecule has 0 radical (unpaired) electrons. The van der Waals surface area contributed by atoms with Gasteiger partial charge in [-0.15, -0.1) is 0 Å². The molecule has 1 unspecified atom stereocenters. The van der Waals surface area contributed by atoms with Crippen LogP contribution in [0.25, 0.3) is 16.6 Å². The molecule has 0 bridgehead atoms. The van der Waals surface area contributed by atoms with Crippen LogP contribution in [0.15, 0.2) is 85.2 Å². The van der Waals surface area contributed by atoms with Crippen LogP contribution < -0.4 is 0 Å². The Kier molecular flexibility index (Phi) is 3.58. The van der Waals surface area contributed by atoms with Crippen LogP contribution in [0, 0.1) is 0 Å². The molecule has 0 aliphatic heterocycles. The highest BCUT2D eigenvalue weighted by molar-refractivity contribution is 5.78. The highest BCUT2D eigenvalue weighted by atomic mass is 16.3. The number of nitrogens with zero attached hydrogens (tertiary/aromatic N) is 1. The SMILES string of the molecule is CC(c1ccccc1)c1c(-c2ccc(O)cc2)cn2ccccc12. The summed E-state index contributed by atoms with van der Waals surface area (Å²) in [5.74, 6) is 0.572. The lowest BCUT2D eigenvalue weighted by Gasteiger charge is -2.14. The molecule has 0 aliphatic carbocycles. The minimum atomic E-state index is 0.280. The van der Waals surface area contributed by atoms with Crippen LogP contribution in [0.5, 0.6) is 5.75 Å². The fourth-order valence-corrected chi connectivity index (χ4v) is 3.38. The van der Waals surface area contributed by atoms with Crippen molar-refractivity contribution in [2.24, 2.45) is 0 Å². The van der Waals surface area contributed by atoms with Gasteiger partial charge in [0, 0.05) is 29.4 Å². The van der Waals surface area contributed by atoms with E-state index < -0.39 is 0 Å². The Labute approximate surface area is 141 Å². The Bertz CT molecular complexity index is 968. The van der Waals surface area contributed by atoms with Gasteiger partial charge in [0.1, 0.15) is 5.75 Å². The molecule has 0 saturated heterocycles. The van der Waals surface area contributed by atoms with Gasteiger partial charge in [0.2, 0.25) is 0 Å². The van der Waals surface area contributed by atoms with E-state index in [1.807, 2.05) is 18.2 Å². The van der Waals surface area contributed by atoms with Crippen LogP contribution in [0.1, 0.15) is 24.0 Å². The first kappa shape index (κ1) is 14.6. The van der Waals surface area contributed by atoms with Gasteiger partial charge < -0.3 is 9.51 Å². The van der Waals surface area contributed by atoms with Crippen LogP contribution in [0.3, 0.4) is 0 Å². The van der Waals surface area contributed by atoms with Crippen molar-refractivity contribution in [1.82, 2.24) is 4.40 Å². The van der Waals surface area contributed by atoms with Crippen LogP contribution in [-0.2, 0) is 0 Å². The molecule has 0 aliphatic rings. The molecule has 0 amide bonds. The molecule has 2 nitrogen and oxygen atoms in total. The van der Waals surface area contributed by atoms with Crippen LogP contribution in [0.2, 0.25) is 0 Å². The van der Waals surface area contributed by atoms with E-state index in [9.17, 15) is 5.11 Å². The molecule has 0 fully saturated rings. The number of phenols is 1. The van der Waals surface area contributed by atoms with E-state index in [1.165, 1.54) is 22.2 Å². The van der Waals surface area contributed by atoms with E-state index >= 15 is 0 Å². The summed E-state index contributed by atoms with van der Waals surface area (Å²) in [4.78, 5) is 0. The molecule has 0 saturated carbocycles. The second kappa shape index (κ2) is 5.89. The molecule has 2 heterocycles. The molecule has 1 N–H and O–H groups in total. The lowest BCUT2D eigenvalue weighted by atomic mass is 9.89. The molecular weight excluding hydrogens is 294 g/mol. The van der Waals surface area contributed by atoms with E-state index in [4.69, 9.17) is 0 Å². The summed E-state index contributed by atoms with van der Waals surface area (Å²) >= 11 is 0. The summed E-state index contributed by atoms with van der Waals surface area (Å²) in [6.07, 6.45) is 4.26. The molecule has 4 aromatic rings. The highest BCUT2D eigenvalue weighted by Crippen LogP contribution is 2.37. The van der Waals surface area contributed by atoms with Gasteiger partial charge in [-0.25, -0.2) is 0 Å². The molecule has 118 valence electrons. The fraction of sp³-hybridized carbons (Fsp3) is 0.0909. The maximum atomic E-state index is 9.59. The van der Waals surface area contributed by atoms with E-state index in [1.54, 1.807) is 12.1 Å². The second-order valence-corrected chi connectivity index (χ2v) is 6.13. The monoisotopic (exact) mass is 313 g/mol. The first-order valence-electron chi connectivity index (χ1n) is 8.18. The predicted molar refractivity (Wildman–Crippen MR) is 98.5 cm³/mol. The second-order valence-electron chi connectivity index (χ2n) is 6.13. The standard InChI is InChI=1S/C22H19NO/c1-16(17-7-3-2-4-8-17)22-20(18-10-12-19(24)13-11-18)15-23-14-6-5-9-21(22)23/h2-16,24H,1H3. The average molecular weight is 313 g/mol. The zero-order valence-electron chi connectivity index (χ0n) is 13.6. The number of rotatable bonds is 3. The Morgan fingerprint density at radius 2 is 1.54 bits per heavy atom. The molecule has 2 aromatic heterocycles. The smallest absolute Gasteiger partial charge is 0.115 e. The third kappa shape index (κ3) is 2.46. The quantitative estimate of drug-likeness (QED) is 0.533. The maximum Gasteiger partial charge on any atom is 0.115 e. The van der Waals surface area contributed by atoms with E-state index in [0.29, 0.717) is 5.75 Å². The molecule has 24 heavy (non-hydrogen) atoms. The summed E-state index contributed by atoms with van der Waals surface area (Å²) in [5, 5.41) is 9.59. The number of hydrogen-bond acceptors (Lipinski definition) is 1. The van der Waals surface area contributed by atoms with Crippen LogP contribution >= 0.6 is 0 Å². The summed E-state index contributed by atoms with van der Waals surface area (Å²) in [5.41, 5.74) is 6.16. The van der Waals surface area contributed by atoms with Crippen molar-refractivity contribution in [2.45, 2.75) is 12.8 Å². The van der Waals surface area contributed by atoms with Crippen molar-refractivity contribution in [1.29, 1.82) is 0 Å². The predicted octanol–water partition coefficient (Wildman–Crippen LogP) is 5.46. The van der Waals surface area contributed by atoms with Crippen molar-refractivity contribution in [2.75, 3.05) is 0 Å². The summed E-state index contributed by atoms with van der Waals surface area (Å²) in [6.45, 7) is 2.25. The number of aromatic nitrogens is 1. The number of fused-ring (bicyclic) bond motifs is 1. The molecule has 2 heteroatoms. The van der Waals surface area contributed by atoms with Crippen molar-refractivity contribution >= 4 is 5.52 Å². The van der Waals surface area contributed by atoms with Gasteiger partial charge in [0.05, 0.1) is 0 Å². The highest BCUT2D eigenvalue weighted by Gasteiger charge is 2.19. The van der Waals surface area contributed by atoms with Gasteiger partial charge >= 0.3 is 0 Å². The first-order chi connectivity index (χ1) is 11.7. The van der Waals surface area contributed by atoms with Gasteiger partial charge in [0.25, 0.3) is 0 Å². The largest absolute Gasteiger partial charge is 0.508 e. The van der Waals surface area contributed by atoms with Crippen molar-refractivity contribution in [3.63, 3.8) is 0 Å². The summed E-state index contributed by atoms with van der Waals surface area (Å²) in [7, 11) is 0. The Balaban J connectivity index is 1.95. The minimum absolute atomic E-state index is 0.280. The minimum Gasteiger partial charge on any atom is -0.508 e. The summed E-state index contributed by atoms with van der Waals surface area (Å²) < 4.78 is 2.18. The molecule has 0 spiro atoms. The maximum absolute atomic E-state index is 9.59. The van der Waals surface area contributed by atoms with Crippen molar-refractivity contribution in [3.05, 3.63) is 96.3 Å². The van der Waals surface area contributed by atoms with Crippen LogP contribution in [0.4, 0.5) is 0 Å². The molecule has 4 rings (SSSR count). The third-order valence-electron chi connectivity index (χ3n) is 4.64. The zero-order chi connectivity index (χ0) is 16.5. The lowest BCUT2D eigenvalue weighted by molar-refractivity contribution is 0.475. The summed E-state index contributed by atoms with van der Waals surface area (Å²) in [6, 6.07) is 24.3. The molecular formula is C22H19NO. The van der Waals surface area contributed by atoms with E-state index in [-0.39, 0.29) is 5.92 Å². The Morgan fingerprint density at radius 3 is 2.29 bits per heavy atom. The van der Waals surface area contributed by atoms with Gasteiger partial charge in [-0.05, 0) is 41.0 Å². The number of hydrogen-bond donors (Lipinski definition) is 1. The average Bonchev–Trinajstić information content (AvgIpc) is 3.02. The van der Waals surface area contributed by atoms with E-state index in [0.717, 1.165) is 5.56 Å². The van der Waals surface area contributed by atoms with Crippen molar-refractivity contribution < 1.29 is 5.11 Å². The van der Waals surface area contributed by atoms with Gasteiger partial charge in [-0.3, -0.25) is 0 Å². The lowest BCUT2D eigenvalue weighted by Crippen LogP contribution is -1.97. The van der Waals surface area contributed by atoms with E-state index in [2.05, 4.69) is 66.2 Å². The first-order valence-corrected chi connectivity index (χ1v) is 8.18. The fourth-order valence-electron chi connectivity index (χ4n) is 3.38. The zero-order valence-corrected chi connectivity index (χ0v) is 13.6. The molecule has 2 aromatic carbocycles. The molecule has 1 atom stereocenters. The Hall–Kier alpha value is -3.00. The number of pyridine rings is 1. The van der Waals surface area contributed by atoms with Gasteiger partial charge in [-0.1, -0.05) is 55.5 Å². The van der Waals surface area contributed by atoms with Gasteiger partial charge in [-0.2, -0.15) is 0 Å².